The lowest BCUT2D eigenvalue weighted by Crippen LogP contribution is -2.20. The number of benzene rings is 1. The van der Waals surface area contributed by atoms with Crippen molar-refractivity contribution in [2.75, 3.05) is 11.9 Å². The lowest BCUT2D eigenvalue weighted by Gasteiger charge is -2.07. The number of hydrogen-bond acceptors (Lipinski definition) is 4. The zero-order chi connectivity index (χ0) is 14.5. The lowest BCUT2D eigenvalue weighted by molar-refractivity contribution is -0.119. The molecule has 104 valence electrons. The number of halogens is 1. The predicted octanol–water partition coefficient (Wildman–Crippen LogP) is 2.16. The van der Waals surface area contributed by atoms with Gasteiger partial charge in [0.2, 0.25) is 0 Å². The molecule has 3 N–H and O–H groups in total. The van der Waals surface area contributed by atoms with Crippen LogP contribution in [0.2, 0.25) is 0 Å². The fourth-order valence-electron chi connectivity index (χ4n) is 1.45. The molecular formula is C13H11BrN2O4. The Morgan fingerprint density at radius 2 is 2.10 bits per heavy atom. The minimum atomic E-state index is -0.570. The van der Waals surface area contributed by atoms with Crippen molar-refractivity contribution >= 4 is 33.4 Å². The van der Waals surface area contributed by atoms with Gasteiger partial charge in [0.05, 0.1) is 0 Å². The number of hydrogen-bond donors (Lipinski definition) is 2. The highest BCUT2D eigenvalue weighted by atomic mass is 79.9. The molecule has 0 aliphatic carbocycles. The van der Waals surface area contributed by atoms with Gasteiger partial charge in [-0.05, 0) is 40.2 Å². The predicted molar refractivity (Wildman–Crippen MR) is 75.5 cm³/mol. The fraction of sp³-hybridized carbons (Fsp3) is 0.0769. The standard InChI is InChI=1S/C13H11BrN2O4/c14-11-5-4-10(20-11)13(18)16-8-2-1-3-9(6-8)19-7-12(15)17/h1-6H,7H2,(H2,15,17)(H,16,18). The van der Waals surface area contributed by atoms with Crippen molar-refractivity contribution in [1.82, 2.24) is 0 Å². The van der Waals surface area contributed by atoms with Crippen LogP contribution in [-0.4, -0.2) is 18.4 Å². The number of primary amides is 1. The monoisotopic (exact) mass is 338 g/mol. The highest BCUT2D eigenvalue weighted by molar-refractivity contribution is 9.10. The van der Waals surface area contributed by atoms with Gasteiger partial charge < -0.3 is 20.2 Å². The number of ether oxygens (including phenoxy) is 1. The van der Waals surface area contributed by atoms with Crippen LogP contribution >= 0.6 is 15.9 Å². The molecule has 0 fully saturated rings. The SMILES string of the molecule is NC(=O)COc1cccc(NC(=O)c2ccc(Br)o2)c1. The van der Waals surface area contributed by atoms with E-state index in [0.717, 1.165) is 0 Å². The second kappa shape index (κ2) is 6.25. The third-order valence-electron chi connectivity index (χ3n) is 2.27. The average Bonchev–Trinajstić information content (AvgIpc) is 2.84. The van der Waals surface area contributed by atoms with Crippen molar-refractivity contribution in [2.45, 2.75) is 0 Å². The van der Waals surface area contributed by atoms with E-state index in [-0.39, 0.29) is 18.3 Å². The van der Waals surface area contributed by atoms with Gasteiger partial charge in [-0.15, -0.1) is 0 Å². The number of anilines is 1. The van der Waals surface area contributed by atoms with E-state index in [1.54, 1.807) is 36.4 Å². The summed E-state index contributed by atoms with van der Waals surface area (Å²) in [5.41, 5.74) is 5.50. The molecule has 0 spiro atoms. The zero-order valence-electron chi connectivity index (χ0n) is 10.3. The third-order valence-corrected chi connectivity index (χ3v) is 2.70. The number of carbonyl (C=O) groups is 2. The van der Waals surface area contributed by atoms with E-state index in [2.05, 4.69) is 21.2 Å². The molecule has 1 aromatic carbocycles. The lowest BCUT2D eigenvalue weighted by atomic mass is 10.3. The summed E-state index contributed by atoms with van der Waals surface area (Å²) in [5, 5.41) is 2.65. The topological polar surface area (TPSA) is 94.6 Å². The maximum absolute atomic E-state index is 11.9. The first-order chi connectivity index (χ1) is 9.54. The molecule has 2 amide bonds. The molecular weight excluding hydrogens is 328 g/mol. The zero-order valence-corrected chi connectivity index (χ0v) is 11.8. The van der Waals surface area contributed by atoms with Crippen molar-refractivity contribution in [3.8, 4) is 5.75 Å². The molecule has 1 aromatic heterocycles. The van der Waals surface area contributed by atoms with E-state index in [1.807, 2.05) is 0 Å². The quantitative estimate of drug-likeness (QED) is 0.873. The first-order valence-electron chi connectivity index (χ1n) is 5.62. The van der Waals surface area contributed by atoms with Crippen LogP contribution < -0.4 is 15.8 Å². The van der Waals surface area contributed by atoms with Crippen LogP contribution in [0.3, 0.4) is 0 Å². The number of nitrogens with two attached hydrogens (primary N) is 1. The van der Waals surface area contributed by atoms with Crippen LogP contribution in [0.1, 0.15) is 10.6 Å². The van der Waals surface area contributed by atoms with E-state index in [9.17, 15) is 9.59 Å². The number of amides is 2. The summed E-state index contributed by atoms with van der Waals surface area (Å²) in [5.74, 6) is -0.342. The van der Waals surface area contributed by atoms with Gasteiger partial charge in [-0.1, -0.05) is 6.07 Å². The molecule has 0 aliphatic rings. The van der Waals surface area contributed by atoms with Crippen molar-refractivity contribution in [2.24, 2.45) is 5.73 Å². The molecule has 20 heavy (non-hydrogen) atoms. The van der Waals surface area contributed by atoms with Crippen LogP contribution in [0, 0.1) is 0 Å². The summed E-state index contributed by atoms with van der Waals surface area (Å²) >= 11 is 3.12. The molecule has 7 heteroatoms. The molecule has 0 saturated heterocycles. The number of carbonyl (C=O) groups excluding carboxylic acids is 2. The molecule has 0 unspecified atom stereocenters. The van der Waals surface area contributed by atoms with Gasteiger partial charge in [-0.2, -0.15) is 0 Å². The average molecular weight is 339 g/mol. The van der Waals surface area contributed by atoms with Crippen LogP contribution in [0.4, 0.5) is 5.69 Å². The molecule has 2 aromatic rings. The summed E-state index contributed by atoms with van der Waals surface area (Å²) in [4.78, 5) is 22.5. The van der Waals surface area contributed by atoms with Crippen molar-refractivity contribution in [3.05, 3.63) is 46.8 Å². The molecule has 0 atom stereocenters. The number of nitrogens with one attached hydrogen (secondary N) is 1. The number of rotatable bonds is 5. The van der Waals surface area contributed by atoms with Gasteiger partial charge in [0.15, 0.2) is 17.0 Å². The summed E-state index contributed by atoms with van der Waals surface area (Å²) in [6.45, 7) is -0.220. The Hall–Kier alpha value is -2.28. The first-order valence-corrected chi connectivity index (χ1v) is 6.42. The maximum atomic E-state index is 11.9. The molecule has 2 rings (SSSR count). The summed E-state index contributed by atoms with van der Waals surface area (Å²) in [7, 11) is 0. The minimum absolute atomic E-state index is 0.181. The summed E-state index contributed by atoms with van der Waals surface area (Å²) in [6.07, 6.45) is 0. The van der Waals surface area contributed by atoms with Crippen LogP contribution in [-0.2, 0) is 4.79 Å². The van der Waals surface area contributed by atoms with Gasteiger partial charge in [0.25, 0.3) is 11.8 Å². The minimum Gasteiger partial charge on any atom is -0.484 e. The Bertz CT molecular complexity index is 639. The highest BCUT2D eigenvalue weighted by Gasteiger charge is 2.11. The molecule has 6 nitrogen and oxygen atoms in total. The molecule has 0 aliphatic heterocycles. The van der Waals surface area contributed by atoms with Crippen LogP contribution in [0.15, 0.2) is 45.5 Å². The van der Waals surface area contributed by atoms with E-state index in [1.165, 1.54) is 0 Å². The van der Waals surface area contributed by atoms with E-state index < -0.39 is 5.91 Å². The van der Waals surface area contributed by atoms with E-state index in [0.29, 0.717) is 16.1 Å². The van der Waals surface area contributed by atoms with Crippen LogP contribution in [0.5, 0.6) is 5.75 Å². The fourth-order valence-corrected chi connectivity index (χ4v) is 1.75. The third kappa shape index (κ3) is 3.86. The molecule has 0 saturated carbocycles. The second-order valence-electron chi connectivity index (χ2n) is 3.84. The molecule has 1 heterocycles. The summed E-state index contributed by atoms with van der Waals surface area (Å²) < 4.78 is 10.8. The molecule has 0 radical (unpaired) electrons. The Kier molecular flexibility index (Phi) is 4.41. The van der Waals surface area contributed by atoms with Gasteiger partial charge >= 0.3 is 0 Å². The summed E-state index contributed by atoms with van der Waals surface area (Å²) in [6, 6.07) is 9.78. The van der Waals surface area contributed by atoms with E-state index in [4.69, 9.17) is 14.9 Å². The number of furan rings is 1. The Morgan fingerprint density at radius 3 is 2.75 bits per heavy atom. The van der Waals surface area contributed by atoms with Crippen LogP contribution in [0.25, 0.3) is 0 Å². The smallest absolute Gasteiger partial charge is 0.291 e. The van der Waals surface area contributed by atoms with Gasteiger partial charge in [-0.3, -0.25) is 9.59 Å². The Morgan fingerprint density at radius 1 is 1.30 bits per heavy atom. The Balaban J connectivity index is 2.04. The van der Waals surface area contributed by atoms with Crippen molar-refractivity contribution in [3.63, 3.8) is 0 Å². The normalized spacial score (nSPS) is 10.1. The maximum Gasteiger partial charge on any atom is 0.291 e. The second-order valence-corrected chi connectivity index (χ2v) is 4.62. The van der Waals surface area contributed by atoms with Crippen molar-refractivity contribution in [1.29, 1.82) is 0 Å². The largest absolute Gasteiger partial charge is 0.484 e. The Labute approximate surface area is 123 Å². The highest BCUT2D eigenvalue weighted by Crippen LogP contribution is 2.19. The van der Waals surface area contributed by atoms with Gasteiger partial charge in [0.1, 0.15) is 5.75 Å². The van der Waals surface area contributed by atoms with Crippen molar-refractivity contribution < 1.29 is 18.7 Å². The molecule has 0 bridgehead atoms. The van der Waals surface area contributed by atoms with E-state index >= 15 is 0 Å². The first kappa shape index (κ1) is 14.1. The van der Waals surface area contributed by atoms with Gasteiger partial charge in [0, 0.05) is 11.8 Å². The van der Waals surface area contributed by atoms with Gasteiger partial charge in [-0.25, -0.2) is 0 Å².